The Kier molecular flexibility index (Phi) is 12.0. The summed E-state index contributed by atoms with van der Waals surface area (Å²) in [5, 5.41) is 6.61. The van der Waals surface area contributed by atoms with Gasteiger partial charge in [0.15, 0.2) is 5.96 Å². The third kappa shape index (κ3) is 7.87. The van der Waals surface area contributed by atoms with Crippen LogP contribution in [-0.4, -0.2) is 44.9 Å². The molecule has 28 heavy (non-hydrogen) atoms. The molecule has 1 heterocycles. The number of unbranched alkanes of at least 4 members (excludes halogenated alkanes) is 3. The highest BCUT2D eigenvalue weighted by Crippen LogP contribution is 2.21. The van der Waals surface area contributed by atoms with E-state index in [9.17, 15) is 8.42 Å². The molecule has 1 aromatic carbocycles. The lowest BCUT2D eigenvalue weighted by Gasteiger charge is -2.15. The van der Waals surface area contributed by atoms with Gasteiger partial charge in [0.1, 0.15) is 0 Å². The van der Waals surface area contributed by atoms with Crippen LogP contribution in [0.4, 0.5) is 0 Å². The van der Waals surface area contributed by atoms with E-state index >= 15 is 0 Å². The Hall–Kier alpha value is -0.870. The molecule has 0 unspecified atom stereocenters. The van der Waals surface area contributed by atoms with E-state index in [0.29, 0.717) is 24.5 Å². The van der Waals surface area contributed by atoms with Crippen LogP contribution in [0, 0.1) is 0 Å². The minimum absolute atomic E-state index is 0. The Balaban J connectivity index is 0.00000392. The number of guanidine groups is 1. The van der Waals surface area contributed by atoms with E-state index in [4.69, 9.17) is 0 Å². The summed E-state index contributed by atoms with van der Waals surface area (Å²) in [6.45, 7) is 7.77. The monoisotopic (exact) mass is 522 g/mol. The molecule has 160 valence electrons. The van der Waals surface area contributed by atoms with Gasteiger partial charge in [-0.05, 0) is 43.9 Å². The van der Waals surface area contributed by atoms with Gasteiger partial charge in [-0.3, -0.25) is 0 Å². The molecule has 0 spiro atoms. The van der Waals surface area contributed by atoms with Crippen molar-refractivity contribution in [2.75, 3.05) is 26.2 Å². The SMILES string of the molecule is CCCCCCNC(=NCc1ccc(S(=O)(=O)N2CCCC2)cc1)NCC.I. The molecule has 2 rings (SSSR count). The smallest absolute Gasteiger partial charge is 0.243 e. The summed E-state index contributed by atoms with van der Waals surface area (Å²) in [5.41, 5.74) is 0.999. The van der Waals surface area contributed by atoms with E-state index < -0.39 is 10.0 Å². The molecule has 1 aliphatic heterocycles. The largest absolute Gasteiger partial charge is 0.357 e. The van der Waals surface area contributed by atoms with Gasteiger partial charge in [-0.2, -0.15) is 4.31 Å². The van der Waals surface area contributed by atoms with Gasteiger partial charge < -0.3 is 10.6 Å². The zero-order valence-electron chi connectivity index (χ0n) is 17.1. The fraction of sp³-hybridized carbons (Fsp3) is 0.650. The van der Waals surface area contributed by atoms with E-state index in [1.165, 1.54) is 19.3 Å². The molecule has 1 saturated heterocycles. The number of nitrogens with zero attached hydrogens (tertiary/aromatic N) is 2. The molecule has 1 aromatic rings. The maximum Gasteiger partial charge on any atom is 0.243 e. The molecule has 0 aromatic heterocycles. The predicted molar refractivity (Wildman–Crippen MR) is 127 cm³/mol. The molecule has 8 heteroatoms. The van der Waals surface area contributed by atoms with Crippen LogP contribution in [0.3, 0.4) is 0 Å². The number of sulfonamides is 1. The van der Waals surface area contributed by atoms with Crippen LogP contribution < -0.4 is 10.6 Å². The Morgan fingerprint density at radius 1 is 1.04 bits per heavy atom. The summed E-state index contributed by atoms with van der Waals surface area (Å²) < 4.78 is 26.7. The second-order valence-corrected chi connectivity index (χ2v) is 8.88. The first-order valence-corrected chi connectivity index (χ1v) is 11.6. The number of aliphatic imine (C=N–C) groups is 1. The normalized spacial score (nSPS) is 15.3. The van der Waals surface area contributed by atoms with E-state index in [1.807, 2.05) is 19.1 Å². The first-order chi connectivity index (χ1) is 13.1. The average Bonchev–Trinajstić information content (AvgIpc) is 3.22. The van der Waals surface area contributed by atoms with Gasteiger partial charge in [-0.25, -0.2) is 13.4 Å². The number of nitrogens with one attached hydrogen (secondary N) is 2. The van der Waals surface area contributed by atoms with Crippen LogP contribution in [0.1, 0.15) is 57.9 Å². The Morgan fingerprint density at radius 3 is 2.32 bits per heavy atom. The summed E-state index contributed by atoms with van der Waals surface area (Å²) >= 11 is 0. The maximum atomic E-state index is 12.6. The second-order valence-electron chi connectivity index (χ2n) is 6.94. The summed E-state index contributed by atoms with van der Waals surface area (Å²) in [7, 11) is -3.34. The van der Waals surface area contributed by atoms with Crippen LogP contribution in [0.25, 0.3) is 0 Å². The first-order valence-electron chi connectivity index (χ1n) is 10.2. The average molecular weight is 522 g/mol. The summed E-state index contributed by atoms with van der Waals surface area (Å²) in [5.74, 6) is 0.808. The summed E-state index contributed by atoms with van der Waals surface area (Å²) in [6, 6.07) is 7.11. The Morgan fingerprint density at radius 2 is 1.71 bits per heavy atom. The lowest BCUT2D eigenvalue weighted by Crippen LogP contribution is -2.37. The quantitative estimate of drug-likeness (QED) is 0.213. The minimum Gasteiger partial charge on any atom is -0.357 e. The van der Waals surface area contributed by atoms with Gasteiger partial charge in [-0.1, -0.05) is 38.3 Å². The molecular weight excluding hydrogens is 487 g/mol. The minimum atomic E-state index is -3.34. The van der Waals surface area contributed by atoms with E-state index in [2.05, 4.69) is 22.5 Å². The van der Waals surface area contributed by atoms with Gasteiger partial charge in [0.2, 0.25) is 10.0 Å². The molecule has 0 atom stereocenters. The zero-order valence-corrected chi connectivity index (χ0v) is 20.3. The molecule has 0 aliphatic carbocycles. The second kappa shape index (κ2) is 13.4. The molecule has 2 N–H and O–H groups in total. The number of halogens is 1. The number of hydrogen-bond donors (Lipinski definition) is 2. The highest BCUT2D eigenvalue weighted by molar-refractivity contribution is 14.0. The first kappa shape index (κ1) is 25.2. The molecule has 0 radical (unpaired) electrons. The molecule has 1 aliphatic rings. The van der Waals surface area contributed by atoms with Crippen LogP contribution in [-0.2, 0) is 16.6 Å². The van der Waals surface area contributed by atoms with Crippen molar-refractivity contribution in [3.8, 4) is 0 Å². The number of hydrogen-bond acceptors (Lipinski definition) is 3. The van der Waals surface area contributed by atoms with Crippen molar-refractivity contribution in [3.05, 3.63) is 29.8 Å². The van der Waals surface area contributed by atoms with E-state index in [-0.39, 0.29) is 24.0 Å². The lowest BCUT2D eigenvalue weighted by atomic mass is 10.2. The van der Waals surface area contributed by atoms with Crippen molar-refractivity contribution in [2.45, 2.75) is 63.8 Å². The van der Waals surface area contributed by atoms with Crippen LogP contribution in [0.2, 0.25) is 0 Å². The molecule has 0 amide bonds. The van der Waals surface area contributed by atoms with Gasteiger partial charge >= 0.3 is 0 Å². The highest BCUT2D eigenvalue weighted by atomic mass is 127. The van der Waals surface area contributed by atoms with E-state index in [0.717, 1.165) is 43.9 Å². The van der Waals surface area contributed by atoms with Crippen molar-refractivity contribution in [2.24, 2.45) is 4.99 Å². The third-order valence-electron chi connectivity index (χ3n) is 4.71. The number of rotatable bonds is 10. The molecular formula is C20H35IN4O2S. The summed E-state index contributed by atoms with van der Waals surface area (Å²) in [4.78, 5) is 4.98. The van der Waals surface area contributed by atoms with Gasteiger partial charge in [0, 0.05) is 26.2 Å². The van der Waals surface area contributed by atoms with Gasteiger partial charge in [0.25, 0.3) is 0 Å². The predicted octanol–water partition coefficient (Wildman–Crippen LogP) is 3.72. The van der Waals surface area contributed by atoms with Crippen LogP contribution >= 0.6 is 24.0 Å². The molecule has 6 nitrogen and oxygen atoms in total. The fourth-order valence-corrected chi connectivity index (χ4v) is 4.63. The fourth-order valence-electron chi connectivity index (χ4n) is 3.12. The van der Waals surface area contributed by atoms with Crippen molar-refractivity contribution < 1.29 is 8.42 Å². The van der Waals surface area contributed by atoms with Crippen molar-refractivity contribution in [1.29, 1.82) is 0 Å². The van der Waals surface area contributed by atoms with Crippen LogP contribution in [0.15, 0.2) is 34.2 Å². The standard InChI is InChI=1S/C20H34N4O2S.HI/c1-3-5-6-7-14-22-20(21-4-2)23-17-18-10-12-19(13-11-18)27(25,26)24-15-8-9-16-24;/h10-13H,3-9,14-17H2,1-2H3,(H2,21,22,23);1H. The molecule has 0 saturated carbocycles. The Bertz CT molecular complexity index is 687. The maximum absolute atomic E-state index is 12.6. The molecule has 1 fully saturated rings. The summed E-state index contributed by atoms with van der Waals surface area (Å²) in [6.07, 6.45) is 6.77. The van der Waals surface area contributed by atoms with Crippen LogP contribution in [0.5, 0.6) is 0 Å². The van der Waals surface area contributed by atoms with Gasteiger partial charge in [-0.15, -0.1) is 24.0 Å². The van der Waals surface area contributed by atoms with Crippen molar-refractivity contribution in [1.82, 2.24) is 14.9 Å². The van der Waals surface area contributed by atoms with Crippen molar-refractivity contribution >= 4 is 40.0 Å². The Labute approximate surface area is 187 Å². The number of benzene rings is 1. The zero-order chi connectivity index (χ0) is 19.5. The molecule has 0 bridgehead atoms. The van der Waals surface area contributed by atoms with Gasteiger partial charge in [0.05, 0.1) is 11.4 Å². The van der Waals surface area contributed by atoms with Crippen molar-refractivity contribution in [3.63, 3.8) is 0 Å². The lowest BCUT2D eigenvalue weighted by molar-refractivity contribution is 0.477. The topological polar surface area (TPSA) is 73.8 Å². The van der Waals surface area contributed by atoms with E-state index in [1.54, 1.807) is 16.4 Å². The highest BCUT2D eigenvalue weighted by Gasteiger charge is 2.26. The third-order valence-corrected chi connectivity index (χ3v) is 6.63.